The van der Waals surface area contributed by atoms with Crippen LogP contribution in [0.25, 0.3) is 0 Å². The topological polar surface area (TPSA) is 92.8 Å². The molecular formula is C19H15BrN2O5. The van der Waals surface area contributed by atoms with Crippen molar-refractivity contribution in [2.75, 3.05) is 13.7 Å². The first-order chi connectivity index (χ1) is 12.9. The fraction of sp³-hybridized carbons (Fsp3) is 0.158. The van der Waals surface area contributed by atoms with Crippen molar-refractivity contribution in [3.63, 3.8) is 0 Å². The van der Waals surface area contributed by atoms with Gasteiger partial charge in [0.15, 0.2) is 0 Å². The van der Waals surface area contributed by atoms with E-state index in [9.17, 15) is 19.2 Å². The number of imide groups is 1. The number of carbonyl (C=O) groups is 4. The van der Waals surface area contributed by atoms with E-state index >= 15 is 0 Å². The summed E-state index contributed by atoms with van der Waals surface area (Å²) in [6.07, 6.45) is 0. The first kappa shape index (κ1) is 18.8. The third kappa shape index (κ3) is 3.90. The summed E-state index contributed by atoms with van der Waals surface area (Å²) in [5, 5.41) is 2.66. The maximum atomic E-state index is 12.4. The van der Waals surface area contributed by atoms with E-state index in [0.29, 0.717) is 10.0 Å². The van der Waals surface area contributed by atoms with Crippen molar-refractivity contribution in [3.05, 3.63) is 69.2 Å². The molecule has 0 unspecified atom stereocenters. The van der Waals surface area contributed by atoms with Crippen LogP contribution in [-0.4, -0.2) is 42.2 Å². The molecule has 0 saturated carbocycles. The molecule has 1 N–H and O–H groups in total. The van der Waals surface area contributed by atoms with Crippen molar-refractivity contribution >= 4 is 39.6 Å². The van der Waals surface area contributed by atoms with Crippen molar-refractivity contribution in [1.82, 2.24) is 10.2 Å². The highest BCUT2D eigenvalue weighted by atomic mass is 79.9. The van der Waals surface area contributed by atoms with Gasteiger partial charge in [0.2, 0.25) is 5.91 Å². The summed E-state index contributed by atoms with van der Waals surface area (Å²) in [5.74, 6) is -1.88. The van der Waals surface area contributed by atoms with Crippen LogP contribution in [0.15, 0.2) is 46.9 Å². The second kappa shape index (κ2) is 7.71. The van der Waals surface area contributed by atoms with Crippen LogP contribution >= 0.6 is 15.9 Å². The van der Waals surface area contributed by atoms with E-state index in [1.807, 2.05) is 0 Å². The van der Waals surface area contributed by atoms with Gasteiger partial charge in [-0.1, -0.05) is 28.1 Å². The quantitative estimate of drug-likeness (QED) is 0.579. The van der Waals surface area contributed by atoms with Gasteiger partial charge in [0, 0.05) is 11.0 Å². The minimum absolute atomic E-state index is 0.203. The first-order valence-corrected chi connectivity index (χ1v) is 8.79. The summed E-state index contributed by atoms with van der Waals surface area (Å²) >= 11 is 3.26. The Hall–Kier alpha value is -3.00. The number of halogens is 1. The van der Waals surface area contributed by atoms with E-state index in [-0.39, 0.29) is 24.2 Å². The fourth-order valence-electron chi connectivity index (χ4n) is 2.68. The number of methoxy groups -OCH3 is 1. The van der Waals surface area contributed by atoms with Gasteiger partial charge in [-0.25, -0.2) is 4.79 Å². The van der Waals surface area contributed by atoms with Crippen molar-refractivity contribution in [1.29, 1.82) is 0 Å². The van der Waals surface area contributed by atoms with E-state index in [2.05, 4.69) is 26.0 Å². The monoisotopic (exact) mass is 430 g/mol. The molecule has 0 saturated heterocycles. The molecule has 1 aliphatic heterocycles. The Labute approximate surface area is 163 Å². The third-order valence-electron chi connectivity index (χ3n) is 4.10. The molecule has 0 fully saturated rings. The van der Waals surface area contributed by atoms with Gasteiger partial charge in [-0.2, -0.15) is 0 Å². The Morgan fingerprint density at radius 1 is 1.04 bits per heavy atom. The molecule has 0 aliphatic carbocycles. The highest BCUT2D eigenvalue weighted by Gasteiger charge is 2.36. The lowest BCUT2D eigenvalue weighted by Crippen LogP contribution is -2.40. The molecule has 138 valence electrons. The Balaban J connectivity index is 1.59. The standard InChI is InChI=1S/C19H15BrN2O5/c1-27-19(26)12-4-2-11(3-5-12)9-21-16(23)10-22-17(24)14-7-6-13(20)8-15(14)18(22)25/h2-8H,9-10H2,1H3,(H,21,23). The van der Waals surface area contributed by atoms with Crippen LogP contribution in [0.4, 0.5) is 0 Å². The van der Waals surface area contributed by atoms with Gasteiger partial charge < -0.3 is 10.1 Å². The van der Waals surface area contributed by atoms with Crippen LogP contribution in [0.5, 0.6) is 0 Å². The van der Waals surface area contributed by atoms with E-state index in [4.69, 9.17) is 0 Å². The molecule has 8 heteroatoms. The molecule has 2 aromatic rings. The number of rotatable bonds is 5. The second-order valence-electron chi connectivity index (χ2n) is 5.85. The summed E-state index contributed by atoms with van der Waals surface area (Å²) in [7, 11) is 1.30. The maximum Gasteiger partial charge on any atom is 0.337 e. The zero-order valence-electron chi connectivity index (χ0n) is 14.3. The minimum atomic E-state index is -0.492. The SMILES string of the molecule is COC(=O)c1ccc(CNC(=O)CN2C(=O)c3ccc(Br)cc3C2=O)cc1. The summed E-state index contributed by atoms with van der Waals surface area (Å²) in [6.45, 7) is -0.154. The Morgan fingerprint density at radius 2 is 1.70 bits per heavy atom. The highest BCUT2D eigenvalue weighted by molar-refractivity contribution is 9.10. The normalized spacial score (nSPS) is 12.7. The van der Waals surface area contributed by atoms with Gasteiger partial charge in [0.05, 0.1) is 23.8 Å². The molecule has 7 nitrogen and oxygen atoms in total. The number of hydrogen-bond acceptors (Lipinski definition) is 5. The number of hydrogen-bond donors (Lipinski definition) is 1. The molecule has 0 spiro atoms. The molecule has 1 heterocycles. The van der Waals surface area contributed by atoms with Crippen molar-refractivity contribution < 1.29 is 23.9 Å². The second-order valence-corrected chi connectivity index (χ2v) is 6.77. The predicted molar refractivity (Wildman–Crippen MR) is 99.1 cm³/mol. The lowest BCUT2D eigenvalue weighted by Gasteiger charge is -2.13. The number of amides is 3. The van der Waals surface area contributed by atoms with Gasteiger partial charge in [-0.05, 0) is 35.9 Å². The van der Waals surface area contributed by atoms with Gasteiger partial charge in [0.1, 0.15) is 6.54 Å². The van der Waals surface area contributed by atoms with Crippen LogP contribution in [-0.2, 0) is 16.1 Å². The number of carbonyl (C=O) groups excluding carboxylic acids is 4. The first-order valence-electron chi connectivity index (χ1n) is 8.00. The number of fused-ring (bicyclic) bond motifs is 1. The van der Waals surface area contributed by atoms with E-state index < -0.39 is 23.7 Å². The molecule has 3 amide bonds. The summed E-state index contributed by atoms with van der Waals surface area (Å²) in [4.78, 5) is 49.2. The van der Waals surface area contributed by atoms with Crippen LogP contribution < -0.4 is 5.32 Å². The minimum Gasteiger partial charge on any atom is -0.465 e. The lowest BCUT2D eigenvalue weighted by atomic mass is 10.1. The Kier molecular flexibility index (Phi) is 5.36. The number of nitrogens with zero attached hydrogens (tertiary/aromatic N) is 1. The molecular weight excluding hydrogens is 416 g/mol. The van der Waals surface area contributed by atoms with E-state index in [1.54, 1.807) is 42.5 Å². The zero-order valence-corrected chi connectivity index (χ0v) is 15.9. The van der Waals surface area contributed by atoms with Gasteiger partial charge in [0.25, 0.3) is 11.8 Å². The van der Waals surface area contributed by atoms with Crippen molar-refractivity contribution in [2.45, 2.75) is 6.54 Å². The largest absolute Gasteiger partial charge is 0.465 e. The highest BCUT2D eigenvalue weighted by Crippen LogP contribution is 2.25. The average Bonchev–Trinajstić information content (AvgIpc) is 2.90. The Bertz CT molecular complexity index is 940. The summed E-state index contributed by atoms with van der Waals surface area (Å²) in [5.41, 5.74) is 1.74. The third-order valence-corrected chi connectivity index (χ3v) is 4.59. The number of nitrogens with one attached hydrogen (secondary N) is 1. The van der Waals surface area contributed by atoms with Crippen molar-refractivity contribution in [2.24, 2.45) is 0 Å². The number of benzene rings is 2. The molecule has 27 heavy (non-hydrogen) atoms. The molecule has 3 rings (SSSR count). The van der Waals surface area contributed by atoms with Crippen LogP contribution in [0, 0.1) is 0 Å². The zero-order chi connectivity index (χ0) is 19.6. The molecule has 0 aromatic heterocycles. The molecule has 0 bridgehead atoms. The fourth-order valence-corrected chi connectivity index (χ4v) is 3.04. The van der Waals surface area contributed by atoms with Crippen LogP contribution in [0.2, 0.25) is 0 Å². The molecule has 0 radical (unpaired) electrons. The van der Waals surface area contributed by atoms with E-state index in [1.165, 1.54) is 7.11 Å². The Morgan fingerprint density at radius 3 is 2.37 bits per heavy atom. The number of ether oxygens (including phenoxy) is 1. The van der Waals surface area contributed by atoms with Gasteiger partial charge >= 0.3 is 5.97 Å². The maximum absolute atomic E-state index is 12.4. The van der Waals surface area contributed by atoms with Crippen molar-refractivity contribution in [3.8, 4) is 0 Å². The smallest absolute Gasteiger partial charge is 0.337 e. The van der Waals surface area contributed by atoms with E-state index in [0.717, 1.165) is 10.5 Å². The molecule has 0 atom stereocenters. The predicted octanol–water partition coefficient (Wildman–Crippen LogP) is 2.15. The number of esters is 1. The average molecular weight is 431 g/mol. The lowest BCUT2D eigenvalue weighted by molar-refractivity contribution is -0.121. The van der Waals surface area contributed by atoms with Gasteiger partial charge in [-0.15, -0.1) is 0 Å². The van der Waals surface area contributed by atoms with Crippen LogP contribution in [0.1, 0.15) is 36.6 Å². The molecule has 1 aliphatic rings. The summed E-state index contributed by atoms with van der Waals surface area (Å²) < 4.78 is 5.31. The van der Waals surface area contributed by atoms with Gasteiger partial charge in [-0.3, -0.25) is 19.3 Å². The molecule has 2 aromatic carbocycles. The van der Waals surface area contributed by atoms with Crippen LogP contribution in [0.3, 0.4) is 0 Å². The summed E-state index contributed by atoms with van der Waals surface area (Å²) in [6, 6.07) is 11.4.